The molecule has 0 saturated carbocycles. The van der Waals surface area contributed by atoms with Gasteiger partial charge in [-0.2, -0.15) is 0 Å². The van der Waals surface area contributed by atoms with Gasteiger partial charge < -0.3 is 19.0 Å². The molecule has 2 heterocycles. The second kappa shape index (κ2) is 4.32. The number of carbonyl (C=O) groups is 1. The Balaban J connectivity index is 1.84. The minimum atomic E-state index is -0.675. The summed E-state index contributed by atoms with van der Waals surface area (Å²) in [6.07, 6.45) is 0. The van der Waals surface area contributed by atoms with Crippen molar-refractivity contribution in [2.75, 3.05) is 0 Å². The Morgan fingerprint density at radius 1 is 0.818 bits per heavy atom. The molecule has 0 fully saturated rings. The second-order valence-corrected chi connectivity index (χ2v) is 4.61. The van der Waals surface area contributed by atoms with E-state index in [2.05, 4.69) is 9.97 Å². The third-order valence-electron chi connectivity index (χ3n) is 3.18. The Morgan fingerprint density at radius 3 is 1.68 bits per heavy atom. The van der Waals surface area contributed by atoms with Crippen LogP contribution in [0.1, 0.15) is 16.6 Å². The average Bonchev–Trinajstić information content (AvgIpc) is 3.11. The van der Waals surface area contributed by atoms with E-state index in [1.807, 2.05) is 0 Å². The van der Waals surface area contributed by atoms with Gasteiger partial charge in [-0.05, 0) is 24.3 Å². The quantitative estimate of drug-likeness (QED) is 0.547. The first-order valence-electron chi connectivity index (χ1n) is 6.35. The second-order valence-electron chi connectivity index (χ2n) is 4.61. The summed E-state index contributed by atoms with van der Waals surface area (Å²) in [5.74, 6) is -1.35. The summed E-state index contributed by atoms with van der Waals surface area (Å²) in [7, 11) is 0. The number of aromatic nitrogens is 2. The predicted octanol–water partition coefficient (Wildman–Crippen LogP) is 2.61. The van der Waals surface area contributed by atoms with Gasteiger partial charge in [-0.3, -0.25) is 4.79 Å². The Morgan fingerprint density at radius 2 is 1.27 bits per heavy atom. The van der Waals surface area contributed by atoms with Crippen LogP contribution < -0.4 is 0 Å². The van der Waals surface area contributed by atoms with Crippen LogP contribution in [0.5, 0.6) is 11.5 Å². The van der Waals surface area contributed by atoms with Crippen molar-refractivity contribution < 1.29 is 23.8 Å². The first kappa shape index (κ1) is 12.4. The monoisotopic (exact) mass is 296 g/mol. The predicted molar refractivity (Wildman–Crippen MR) is 74.8 cm³/mol. The van der Waals surface area contributed by atoms with Crippen molar-refractivity contribution >= 4 is 28.0 Å². The molecule has 7 nitrogen and oxygen atoms in total. The average molecular weight is 296 g/mol. The topological polar surface area (TPSA) is 110 Å². The molecular formula is C15H8N2O5. The maximum absolute atomic E-state index is 12.3. The zero-order chi connectivity index (χ0) is 15.3. The molecule has 2 aromatic carbocycles. The third kappa shape index (κ3) is 1.72. The zero-order valence-corrected chi connectivity index (χ0v) is 11.0. The lowest BCUT2D eigenvalue weighted by Gasteiger charge is -1.87. The molecule has 22 heavy (non-hydrogen) atoms. The van der Waals surface area contributed by atoms with E-state index in [1.54, 1.807) is 24.3 Å². The van der Waals surface area contributed by atoms with Gasteiger partial charge in [0.15, 0.2) is 22.2 Å². The van der Waals surface area contributed by atoms with E-state index in [1.165, 1.54) is 12.1 Å². The summed E-state index contributed by atoms with van der Waals surface area (Å²) in [5.41, 5.74) is 0.930. The van der Waals surface area contributed by atoms with Crippen molar-refractivity contribution in [1.29, 1.82) is 0 Å². The van der Waals surface area contributed by atoms with E-state index < -0.39 is 5.78 Å². The van der Waals surface area contributed by atoms with Gasteiger partial charge in [-0.1, -0.05) is 12.1 Å². The number of nitrogens with zero attached hydrogens (tertiary/aromatic N) is 2. The molecule has 0 aliphatic carbocycles. The molecule has 0 bridgehead atoms. The summed E-state index contributed by atoms with van der Waals surface area (Å²) in [5, 5.41) is 19.4. The number of phenolic OH excluding ortho intramolecular Hbond substituents is 2. The van der Waals surface area contributed by atoms with Crippen LogP contribution in [0.15, 0.2) is 45.2 Å². The molecule has 0 unspecified atom stereocenters. The van der Waals surface area contributed by atoms with Crippen LogP contribution in [-0.4, -0.2) is 26.0 Å². The Bertz CT molecular complexity index is 949. The minimum Gasteiger partial charge on any atom is -0.506 e. The number of hydrogen-bond donors (Lipinski definition) is 2. The standard InChI is InChI=1S/C15H8N2O5/c18-7-3-1-5-9-11(7)16-14(21-9)13(20)15-17-12-8(19)4-2-6-10(12)22-15/h1-6,18-19H. The lowest BCUT2D eigenvalue weighted by molar-refractivity contribution is 0.0974. The lowest BCUT2D eigenvalue weighted by atomic mass is 10.3. The first-order valence-corrected chi connectivity index (χ1v) is 6.35. The number of benzene rings is 2. The van der Waals surface area contributed by atoms with Gasteiger partial charge in [-0.25, -0.2) is 9.97 Å². The first-order chi connectivity index (χ1) is 10.6. The van der Waals surface area contributed by atoms with Crippen molar-refractivity contribution in [3.8, 4) is 11.5 Å². The van der Waals surface area contributed by atoms with Crippen LogP contribution >= 0.6 is 0 Å². The highest BCUT2D eigenvalue weighted by molar-refractivity contribution is 6.05. The molecule has 0 radical (unpaired) electrons. The smallest absolute Gasteiger partial charge is 0.302 e. The molecule has 0 spiro atoms. The van der Waals surface area contributed by atoms with Crippen LogP contribution in [0.2, 0.25) is 0 Å². The van der Waals surface area contributed by atoms with Crippen LogP contribution in [-0.2, 0) is 0 Å². The summed E-state index contributed by atoms with van der Waals surface area (Å²) in [4.78, 5) is 20.2. The van der Waals surface area contributed by atoms with Gasteiger partial charge in [0.1, 0.15) is 11.5 Å². The van der Waals surface area contributed by atoms with Crippen LogP contribution in [0.3, 0.4) is 0 Å². The molecule has 0 aliphatic heterocycles. The number of rotatable bonds is 2. The fourth-order valence-corrected chi connectivity index (χ4v) is 2.15. The summed E-state index contributed by atoms with van der Waals surface area (Å²) >= 11 is 0. The van der Waals surface area contributed by atoms with Crippen LogP contribution in [0.25, 0.3) is 22.2 Å². The molecule has 0 amide bonds. The Kier molecular flexibility index (Phi) is 2.43. The molecule has 0 aliphatic rings. The van der Waals surface area contributed by atoms with Gasteiger partial charge in [0, 0.05) is 0 Å². The highest BCUT2D eigenvalue weighted by Crippen LogP contribution is 2.28. The molecule has 0 atom stereocenters. The van der Waals surface area contributed by atoms with Gasteiger partial charge >= 0.3 is 5.78 Å². The number of oxazole rings is 2. The maximum atomic E-state index is 12.3. The number of fused-ring (bicyclic) bond motifs is 2. The molecular weight excluding hydrogens is 288 g/mol. The number of ketones is 1. The number of aromatic hydroxyl groups is 2. The van der Waals surface area contributed by atoms with E-state index in [4.69, 9.17) is 8.83 Å². The van der Waals surface area contributed by atoms with E-state index in [9.17, 15) is 15.0 Å². The molecule has 2 N–H and O–H groups in total. The largest absolute Gasteiger partial charge is 0.506 e. The van der Waals surface area contributed by atoms with E-state index in [-0.39, 0.29) is 45.5 Å². The fraction of sp³-hybridized carbons (Fsp3) is 0. The highest BCUT2D eigenvalue weighted by Gasteiger charge is 2.23. The number of hydrogen-bond acceptors (Lipinski definition) is 7. The molecule has 7 heteroatoms. The van der Waals surface area contributed by atoms with Crippen molar-refractivity contribution in [3.05, 3.63) is 48.2 Å². The summed E-state index contributed by atoms with van der Waals surface area (Å²) in [6.45, 7) is 0. The zero-order valence-electron chi connectivity index (χ0n) is 11.0. The number of phenols is 2. The van der Waals surface area contributed by atoms with Crippen molar-refractivity contribution in [2.24, 2.45) is 0 Å². The van der Waals surface area contributed by atoms with Gasteiger partial charge in [0.25, 0.3) is 11.8 Å². The summed E-state index contributed by atoms with van der Waals surface area (Å²) in [6, 6.07) is 9.20. The number of carbonyl (C=O) groups excluding carboxylic acids is 1. The maximum Gasteiger partial charge on any atom is 0.302 e. The molecule has 4 aromatic rings. The van der Waals surface area contributed by atoms with Crippen LogP contribution in [0.4, 0.5) is 0 Å². The van der Waals surface area contributed by atoms with Gasteiger partial charge in [-0.15, -0.1) is 0 Å². The Hall–Kier alpha value is -3.35. The lowest BCUT2D eigenvalue weighted by Crippen LogP contribution is -2.01. The van der Waals surface area contributed by atoms with Crippen LogP contribution in [0, 0.1) is 0 Å². The minimum absolute atomic E-state index is 0.0875. The SMILES string of the molecule is O=C(c1nc2c(O)cccc2o1)c1nc2c(O)cccc2o1. The third-order valence-corrected chi connectivity index (χ3v) is 3.18. The van der Waals surface area contributed by atoms with E-state index in [0.29, 0.717) is 0 Å². The molecule has 4 rings (SSSR count). The van der Waals surface area contributed by atoms with Crippen molar-refractivity contribution in [2.45, 2.75) is 0 Å². The summed E-state index contributed by atoms with van der Waals surface area (Å²) < 4.78 is 10.6. The van der Waals surface area contributed by atoms with Gasteiger partial charge in [0.05, 0.1) is 0 Å². The van der Waals surface area contributed by atoms with E-state index in [0.717, 1.165) is 0 Å². The fourth-order valence-electron chi connectivity index (χ4n) is 2.15. The van der Waals surface area contributed by atoms with Gasteiger partial charge in [0.2, 0.25) is 0 Å². The normalized spacial score (nSPS) is 11.3. The number of para-hydroxylation sites is 2. The van der Waals surface area contributed by atoms with Crippen molar-refractivity contribution in [3.63, 3.8) is 0 Å². The molecule has 108 valence electrons. The van der Waals surface area contributed by atoms with E-state index >= 15 is 0 Å². The molecule has 0 saturated heterocycles. The molecule has 2 aromatic heterocycles. The Labute approximate surface area is 122 Å². The highest BCUT2D eigenvalue weighted by atomic mass is 16.4. The van der Waals surface area contributed by atoms with Crippen molar-refractivity contribution in [1.82, 2.24) is 9.97 Å².